The Morgan fingerprint density at radius 3 is 2.91 bits per heavy atom. The molecular weight excluding hydrogens is 310 g/mol. The number of aryl methyl sites for hydroxylation is 3. The summed E-state index contributed by atoms with van der Waals surface area (Å²) in [6.07, 6.45) is 4.43. The molecule has 2 aromatic rings. The maximum Gasteiger partial charge on any atom is 0.151 e. The van der Waals surface area contributed by atoms with Crippen LogP contribution in [-0.4, -0.2) is 37.7 Å². The highest BCUT2D eigenvalue weighted by molar-refractivity contribution is 6.30. The van der Waals surface area contributed by atoms with E-state index in [2.05, 4.69) is 51.5 Å². The van der Waals surface area contributed by atoms with E-state index in [-0.39, 0.29) is 0 Å². The van der Waals surface area contributed by atoms with Crippen LogP contribution in [0.5, 0.6) is 0 Å². The van der Waals surface area contributed by atoms with Crippen LogP contribution in [-0.2, 0) is 13.0 Å². The molecule has 1 aliphatic heterocycles. The minimum absolute atomic E-state index is 0.463. The summed E-state index contributed by atoms with van der Waals surface area (Å²) in [6, 6.07) is 2.61. The number of halogens is 1. The number of rotatable bonds is 6. The number of likely N-dealkylation sites (tertiary alicyclic amines) is 1. The third kappa shape index (κ3) is 3.78. The molecule has 1 unspecified atom stereocenters. The fraction of sp³-hybridized carbons (Fsp3) is 0.647. The van der Waals surface area contributed by atoms with E-state index in [1.54, 1.807) is 0 Å². The molecule has 0 amide bonds. The minimum Gasteiger partial charge on any atom is -0.344 e. The van der Waals surface area contributed by atoms with Crippen LogP contribution in [0.15, 0.2) is 6.07 Å². The van der Waals surface area contributed by atoms with E-state index in [4.69, 9.17) is 11.6 Å². The SMILES string of the molecule is CCCCc1nc(Cl)c(CN2CCC(n3nc(C)cc3C)C2)[nH]1. The average Bonchev–Trinajstić information content (AvgIpc) is 3.18. The first-order valence-electron chi connectivity index (χ1n) is 8.55. The molecule has 0 radical (unpaired) electrons. The molecule has 1 saturated heterocycles. The lowest BCUT2D eigenvalue weighted by Crippen LogP contribution is -2.22. The van der Waals surface area contributed by atoms with E-state index in [0.717, 1.165) is 56.1 Å². The van der Waals surface area contributed by atoms with Gasteiger partial charge in [-0.15, -0.1) is 0 Å². The van der Waals surface area contributed by atoms with Crippen molar-refractivity contribution in [2.45, 2.75) is 59.0 Å². The standard InChI is InChI=1S/C17H26ClN5/c1-4-5-6-16-19-15(17(18)20-16)11-22-8-7-14(10-22)23-13(3)9-12(2)21-23/h9,14H,4-8,10-11H2,1-3H3,(H,19,20). The predicted molar refractivity (Wildman–Crippen MR) is 92.8 cm³/mol. The molecule has 1 N–H and O–H groups in total. The van der Waals surface area contributed by atoms with Gasteiger partial charge in [0.1, 0.15) is 5.82 Å². The highest BCUT2D eigenvalue weighted by Crippen LogP contribution is 2.25. The zero-order chi connectivity index (χ0) is 16.4. The summed E-state index contributed by atoms with van der Waals surface area (Å²) in [5.41, 5.74) is 3.39. The topological polar surface area (TPSA) is 49.7 Å². The van der Waals surface area contributed by atoms with Crippen LogP contribution in [0.4, 0.5) is 0 Å². The van der Waals surface area contributed by atoms with Crippen molar-refractivity contribution in [2.75, 3.05) is 13.1 Å². The Labute approximate surface area is 143 Å². The fourth-order valence-corrected chi connectivity index (χ4v) is 3.61. The van der Waals surface area contributed by atoms with Crippen LogP contribution >= 0.6 is 11.6 Å². The maximum atomic E-state index is 6.30. The molecule has 6 heteroatoms. The quantitative estimate of drug-likeness (QED) is 0.876. The monoisotopic (exact) mass is 335 g/mol. The summed E-state index contributed by atoms with van der Waals surface area (Å²) in [6.45, 7) is 9.31. The molecule has 1 aliphatic rings. The second-order valence-corrected chi connectivity index (χ2v) is 6.96. The lowest BCUT2D eigenvalue weighted by Gasteiger charge is -2.16. The van der Waals surface area contributed by atoms with E-state index in [1.165, 1.54) is 12.1 Å². The molecule has 0 aromatic carbocycles. The van der Waals surface area contributed by atoms with E-state index in [9.17, 15) is 0 Å². The van der Waals surface area contributed by atoms with E-state index in [1.807, 2.05) is 0 Å². The number of aromatic amines is 1. The summed E-state index contributed by atoms with van der Waals surface area (Å²) in [5.74, 6) is 1.01. The lowest BCUT2D eigenvalue weighted by molar-refractivity contribution is 0.307. The normalized spacial score (nSPS) is 18.9. The van der Waals surface area contributed by atoms with Gasteiger partial charge >= 0.3 is 0 Å². The van der Waals surface area contributed by atoms with Crippen LogP contribution in [0.25, 0.3) is 0 Å². The Morgan fingerprint density at radius 2 is 2.22 bits per heavy atom. The van der Waals surface area contributed by atoms with Gasteiger partial charge in [-0.1, -0.05) is 24.9 Å². The molecule has 1 atom stereocenters. The number of hydrogen-bond donors (Lipinski definition) is 1. The van der Waals surface area contributed by atoms with Crippen LogP contribution in [0, 0.1) is 13.8 Å². The third-order valence-corrected chi connectivity index (χ3v) is 4.88. The molecule has 3 heterocycles. The molecule has 0 spiro atoms. The van der Waals surface area contributed by atoms with Gasteiger partial charge in [0.2, 0.25) is 0 Å². The Morgan fingerprint density at radius 1 is 1.39 bits per heavy atom. The second-order valence-electron chi connectivity index (χ2n) is 6.61. The first-order chi connectivity index (χ1) is 11.1. The third-order valence-electron chi connectivity index (χ3n) is 4.56. The number of hydrogen-bond acceptors (Lipinski definition) is 3. The van der Waals surface area contributed by atoms with Gasteiger partial charge in [-0.05, 0) is 32.8 Å². The zero-order valence-electron chi connectivity index (χ0n) is 14.3. The summed E-state index contributed by atoms with van der Waals surface area (Å²) in [5, 5.41) is 5.26. The van der Waals surface area contributed by atoms with Crippen LogP contribution in [0.2, 0.25) is 5.15 Å². The zero-order valence-corrected chi connectivity index (χ0v) is 15.0. The summed E-state index contributed by atoms with van der Waals surface area (Å²) >= 11 is 6.30. The van der Waals surface area contributed by atoms with Crippen molar-refractivity contribution in [3.05, 3.63) is 34.1 Å². The number of nitrogens with one attached hydrogen (secondary N) is 1. The smallest absolute Gasteiger partial charge is 0.151 e. The maximum absolute atomic E-state index is 6.30. The van der Waals surface area contributed by atoms with Crippen molar-refractivity contribution in [2.24, 2.45) is 0 Å². The highest BCUT2D eigenvalue weighted by atomic mass is 35.5. The van der Waals surface area contributed by atoms with Gasteiger partial charge in [0.25, 0.3) is 0 Å². The van der Waals surface area contributed by atoms with Gasteiger partial charge in [0.15, 0.2) is 5.15 Å². The first-order valence-corrected chi connectivity index (χ1v) is 8.93. The van der Waals surface area contributed by atoms with Crippen molar-refractivity contribution >= 4 is 11.6 Å². The molecule has 0 bridgehead atoms. The average molecular weight is 336 g/mol. The van der Waals surface area contributed by atoms with Crippen molar-refractivity contribution < 1.29 is 0 Å². The van der Waals surface area contributed by atoms with Crippen LogP contribution in [0.1, 0.15) is 55.1 Å². The lowest BCUT2D eigenvalue weighted by atomic mass is 10.2. The van der Waals surface area contributed by atoms with Gasteiger partial charge in [0, 0.05) is 31.7 Å². The molecule has 1 fully saturated rings. The van der Waals surface area contributed by atoms with Crippen molar-refractivity contribution in [1.29, 1.82) is 0 Å². The highest BCUT2D eigenvalue weighted by Gasteiger charge is 2.26. The first kappa shape index (κ1) is 16.5. The van der Waals surface area contributed by atoms with Gasteiger partial charge < -0.3 is 4.98 Å². The largest absolute Gasteiger partial charge is 0.344 e. The summed E-state index contributed by atoms with van der Waals surface area (Å²) in [7, 11) is 0. The van der Waals surface area contributed by atoms with E-state index in [0.29, 0.717) is 11.2 Å². The van der Waals surface area contributed by atoms with Crippen LogP contribution < -0.4 is 0 Å². The second kappa shape index (κ2) is 7.05. The van der Waals surface area contributed by atoms with Gasteiger partial charge in [0.05, 0.1) is 17.4 Å². The Bertz CT molecular complexity index is 660. The fourth-order valence-electron chi connectivity index (χ4n) is 3.40. The summed E-state index contributed by atoms with van der Waals surface area (Å²) in [4.78, 5) is 10.3. The van der Waals surface area contributed by atoms with Crippen molar-refractivity contribution in [3.63, 3.8) is 0 Å². The number of unbranched alkanes of at least 4 members (excludes halogenated alkanes) is 1. The van der Waals surface area contributed by atoms with E-state index < -0.39 is 0 Å². The Balaban J connectivity index is 1.62. The molecule has 5 nitrogen and oxygen atoms in total. The predicted octanol–water partition coefficient (Wildman–Crippen LogP) is 3.67. The van der Waals surface area contributed by atoms with Gasteiger partial charge in [-0.3, -0.25) is 9.58 Å². The molecule has 0 aliphatic carbocycles. The van der Waals surface area contributed by atoms with E-state index >= 15 is 0 Å². The number of H-pyrrole nitrogens is 1. The molecular formula is C17H26ClN5. The Kier molecular flexibility index (Phi) is 5.07. The number of nitrogens with zero attached hydrogens (tertiary/aromatic N) is 4. The summed E-state index contributed by atoms with van der Waals surface area (Å²) < 4.78 is 2.18. The number of imidazole rings is 1. The molecule has 126 valence electrons. The number of aromatic nitrogens is 4. The van der Waals surface area contributed by atoms with Crippen LogP contribution in [0.3, 0.4) is 0 Å². The molecule has 23 heavy (non-hydrogen) atoms. The van der Waals surface area contributed by atoms with Crippen molar-refractivity contribution in [1.82, 2.24) is 24.6 Å². The van der Waals surface area contributed by atoms with Crippen molar-refractivity contribution in [3.8, 4) is 0 Å². The Hall–Kier alpha value is -1.33. The van der Waals surface area contributed by atoms with Gasteiger partial charge in [-0.25, -0.2) is 4.98 Å². The molecule has 0 saturated carbocycles. The molecule has 2 aromatic heterocycles. The van der Waals surface area contributed by atoms with Gasteiger partial charge in [-0.2, -0.15) is 5.10 Å². The molecule has 3 rings (SSSR count). The minimum atomic E-state index is 0.463.